The Hall–Kier alpha value is -2.27. The number of nitrogens with one attached hydrogen (secondary N) is 2. The van der Waals surface area contributed by atoms with Crippen LogP contribution in [0.3, 0.4) is 0 Å². The summed E-state index contributed by atoms with van der Waals surface area (Å²) in [4.78, 5) is 11.6. The van der Waals surface area contributed by atoms with Crippen molar-refractivity contribution < 1.29 is 13.9 Å². The molecular formula is C16H14ClFN2O2. The van der Waals surface area contributed by atoms with Crippen LogP contribution in [0.25, 0.3) is 5.70 Å². The summed E-state index contributed by atoms with van der Waals surface area (Å²) in [6, 6.07) is 6.05. The van der Waals surface area contributed by atoms with Crippen LogP contribution < -0.4 is 10.6 Å². The van der Waals surface area contributed by atoms with Gasteiger partial charge in [0.2, 0.25) is 0 Å². The molecule has 0 aromatic heterocycles. The minimum atomic E-state index is -0.324. The molecule has 0 fully saturated rings. The van der Waals surface area contributed by atoms with Gasteiger partial charge in [-0.15, -0.1) is 0 Å². The van der Waals surface area contributed by atoms with E-state index in [1.54, 1.807) is 18.2 Å². The predicted octanol–water partition coefficient (Wildman–Crippen LogP) is 2.84. The van der Waals surface area contributed by atoms with Crippen molar-refractivity contribution in [3.05, 3.63) is 64.3 Å². The number of halogens is 2. The molecule has 2 N–H and O–H groups in total. The molecule has 1 aliphatic heterocycles. The number of allylic oxidation sites excluding steroid dienone is 1. The molecule has 1 atom stereocenters. The van der Waals surface area contributed by atoms with Crippen LogP contribution >= 0.6 is 11.6 Å². The third-order valence-electron chi connectivity index (χ3n) is 3.59. The van der Waals surface area contributed by atoms with Gasteiger partial charge in [0, 0.05) is 5.56 Å². The van der Waals surface area contributed by atoms with E-state index >= 15 is 0 Å². The monoisotopic (exact) mass is 320 g/mol. The van der Waals surface area contributed by atoms with Gasteiger partial charge in [-0.2, -0.15) is 0 Å². The molecule has 0 saturated carbocycles. The highest BCUT2D eigenvalue weighted by atomic mass is 35.5. The SMILES string of the molecule is COC(=O)C1C=C2NC(Cl)=C(c3ccc(F)cc3)NC2=CC1. The molecule has 6 heteroatoms. The van der Waals surface area contributed by atoms with E-state index in [1.807, 2.05) is 6.08 Å². The summed E-state index contributed by atoms with van der Waals surface area (Å²) in [7, 11) is 1.37. The molecular weight excluding hydrogens is 307 g/mol. The van der Waals surface area contributed by atoms with Gasteiger partial charge in [-0.1, -0.05) is 17.7 Å². The summed E-state index contributed by atoms with van der Waals surface area (Å²) in [5, 5.41) is 6.68. The molecule has 114 valence electrons. The normalized spacial score (nSPS) is 20.2. The molecule has 1 aliphatic carbocycles. The van der Waals surface area contributed by atoms with Gasteiger partial charge in [-0.3, -0.25) is 4.79 Å². The average molecular weight is 321 g/mol. The van der Waals surface area contributed by atoms with Crippen molar-refractivity contribution in [1.29, 1.82) is 0 Å². The van der Waals surface area contributed by atoms with Gasteiger partial charge in [0.1, 0.15) is 11.0 Å². The van der Waals surface area contributed by atoms with Crippen LogP contribution in [-0.2, 0) is 9.53 Å². The van der Waals surface area contributed by atoms with Crippen molar-refractivity contribution >= 4 is 23.3 Å². The summed E-state index contributed by atoms with van der Waals surface area (Å²) < 4.78 is 17.8. The molecule has 22 heavy (non-hydrogen) atoms. The second-order valence-corrected chi connectivity index (χ2v) is 5.39. The number of carbonyl (C=O) groups excluding carboxylic acids is 1. The topological polar surface area (TPSA) is 50.4 Å². The number of esters is 1. The first-order valence-corrected chi connectivity index (χ1v) is 7.16. The summed E-state index contributed by atoms with van der Waals surface area (Å²) in [5.41, 5.74) is 3.01. The summed E-state index contributed by atoms with van der Waals surface area (Å²) in [5.74, 6) is -0.911. The average Bonchev–Trinajstić information content (AvgIpc) is 2.54. The number of ether oxygens (including phenoxy) is 1. The lowest BCUT2D eigenvalue weighted by Crippen LogP contribution is -2.32. The highest BCUT2D eigenvalue weighted by molar-refractivity contribution is 6.32. The zero-order valence-corrected chi connectivity index (χ0v) is 12.6. The Labute approximate surface area is 132 Å². The molecule has 2 aliphatic rings. The van der Waals surface area contributed by atoms with Crippen LogP contribution in [0.15, 0.2) is 53.0 Å². The van der Waals surface area contributed by atoms with Gasteiger partial charge in [0.05, 0.1) is 30.1 Å². The number of fused-ring (bicyclic) bond motifs is 1. The van der Waals surface area contributed by atoms with E-state index in [2.05, 4.69) is 10.6 Å². The van der Waals surface area contributed by atoms with Crippen LogP contribution in [0.2, 0.25) is 0 Å². The zero-order valence-electron chi connectivity index (χ0n) is 11.8. The molecule has 0 saturated heterocycles. The number of carbonyl (C=O) groups is 1. The van der Waals surface area contributed by atoms with Crippen molar-refractivity contribution in [2.45, 2.75) is 6.42 Å². The minimum absolute atomic E-state index is 0.283. The quantitative estimate of drug-likeness (QED) is 0.650. The largest absolute Gasteiger partial charge is 0.469 e. The van der Waals surface area contributed by atoms with Crippen LogP contribution in [0.4, 0.5) is 4.39 Å². The van der Waals surface area contributed by atoms with E-state index in [0.717, 1.165) is 17.0 Å². The van der Waals surface area contributed by atoms with Gasteiger partial charge in [-0.25, -0.2) is 4.39 Å². The Morgan fingerprint density at radius 2 is 2.00 bits per heavy atom. The Morgan fingerprint density at radius 1 is 1.27 bits per heavy atom. The highest BCUT2D eigenvalue weighted by Gasteiger charge is 2.26. The molecule has 0 radical (unpaired) electrons. The van der Waals surface area contributed by atoms with E-state index in [9.17, 15) is 9.18 Å². The molecule has 1 aromatic carbocycles. The number of benzene rings is 1. The molecule has 1 aromatic rings. The van der Waals surface area contributed by atoms with E-state index in [4.69, 9.17) is 16.3 Å². The molecule has 3 rings (SSSR count). The first kappa shape index (κ1) is 14.7. The lowest BCUT2D eigenvalue weighted by atomic mass is 9.96. The van der Waals surface area contributed by atoms with Crippen LogP contribution in [0.1, 0.15) is 12.0 Å². The van der Waals surface area contributed by atoms with E-state index in [0.29, 0.717) is 17.3 Å². The summed E-state index contributed by atoms with van der Waals surface area (Å²) in [6.45, 7) is 0. The van der Waals surface area contributed by atoms with Crippen molar-refractivity contribution in [2.75, 3.05) is 7.11 Å². The third kappa shape index (κ3) is 2.72. The Bertz CT molecular complexity index is 707. The molecule has 1 heterocycles. The maximum absolute atomic E-state index is 13.0. The first-order chi connectivity index (χ1) is 10.6. The maximum Gasteiger partial charge on any atom is 0.312 e. The lowest BCUT2D eigenvalue weighted by Gasteiger charge is -2.29. The van der Waals surface area contributed by atoms with Gasteiger partial charge >= 0.3 is 5.97 Å². The second kappa shape index (κ2) is 5.85. The smallest absolute Gasteiger partial charge is 0.312 e. The van der Waals surface area contributed by atoms with E-state index in [1.165, 1.54) is 19.2 Å². The third-order valence-corrected chi connectivity index (χ3v) is 3.88. The van der Waals surface area contributed by atoms with Crippen LogP contribution in [0, 0.1) is 11.7 Å². The van der Waals surface area contributed by atoms with Crippen LogP contribution in [-0.4, -0.2) is 13.1 Å². The highest BCUT2D eigenvalue weighted by Crippen LogP contribution is 2.30. The number of rotatable bonds is 2. The zero-order chi connectivity index (χ0) is 15.7. The van der Waals surface area contributed by atoms with Crippen molar-refractivity contribution in [3.8, 4) is 0 Å². The predicted molar refractivity (Wildman–Crippen MR) is 81.7 cm³/mol. The Balaban J connectivity index is 1.89. The summed E-state index contributed by atoms with van der Waals surface area (Å²) >= 11 is 6.27. The van der Waals surface area contributed by atoms with Crippen molar-refractivity contribution in [2.24, 2.45) is 5.92 Å². The van der Waals surface area contributed by atoms with Gasteiger partial charge in [-0.05, 0) is 36.8 Å². The standard InChI is InChI=1S/C16H14ClFN2O2/c1-22-16(21)10-4-7-12-13(8-10)20-15(17)14(19-12)9-2-5-11(18)6-3-9/h2-3,5-8,10,19-20H,4H2,1H3. The fraction of sp³-hybridized carbons (Fsp3) is 0.188. The van der Waals surface area contributed by atoms with Gasteiger partial charge in [0.15, 0.2) is 0 Å². The van der Waals surface area contributed by atoms with Gasteiger partial charge in [0.25, 0.3) is 0 Å². The van der Waals surface area contributed by atoms with Crippen molar-refractivity contribution in [1.82, 2.24) is 10.6 Å². The Morgan fingerprint density at radius 3 is 2.68 bits per heavy atom. The first-order valence-electron chi connectivity index (χ1n) is 6.78. The molecule has 4 nitrogen and oxygen atoms in total. The maximum atomic E-state index is 13.0. The molecule has 0 bridgehead atoms. The van der Waals surface area contributed by atoms with E-state index < -0.39 is 0 Å². The fourth-order valence-electron chi connectivity index (χ4n) is 2.44. The van der Waals surface area contributed by atoms with E-state index in [-0.39, 0.29) is 17.7 Å². The van der Waals surface area contributed by atoms with Crippen LogP contribution in [0.5, 0.6) is 0 Å². The fourth-order valence-corrected chi connectivity index (χ4v) is 2.70. The minimum Gasteiger partial charge on any atom is -0.469 e. The van der Waals surface area contributed by atoms with Gasteiger partial charge < -0.3 is 15.4 Å². The molecule has 0 spiro atoms. The lowest BCUT2D eigenvalue weighted by molar-refractivity contribution is -0.143. The summed E-state index contributed by atoms with van der Waals surface area (Å²) in [6.07, 6.45) is 4.25. The molecule has 1 unspecified atom stereocenters. The second-order valence-electron chi connectivity index (χ2n) is 5.01. The van der Waals surface area contributed by atoms with Crippen molar-refractivity contribution in [3.63, 3.8) is 0 Å². The number of hydrogen-bond donors (Lipinski definition) is 2. The molecule has 0 amide bonds. The Kier molecular flexibility index (Phi) is 3.90. The number of methoxy groups -OCH3 is 1. The number of hydrogen-bond acceptors (Lipinski definition) is 4.